The molecule has 0 unspecified atom stereocenters. The first-order valence-electron chi connectivity index (χ1n) is 8.82. The predicted molar refractivity (Wildman–Crippen MR) is 102 cm³/mol. The number of nitrogens with zero attached hydrogens (tertiary/aromatic N) is 1. The minimum atomic E-state index is -3.57. The average molecular weight is 375 g/mol. The van der Waals surface area contributed by atoms with Gasteiger partial charge in [0.2, 0.25) is 15.9 Å². The van der Waals surface area contributed by atoms with Gasteiger partial charge in [0.25, 0.3) is 0 Å². The predicted octanol–water partition coefficient (Wildman–Crippen LogP) is 2.92. The van der Waals surface area contributed by atoms with E-state index in [1.54, 1.807) is 12.1 Å². The number of aromatic nitrogens is 1. The number of hydrogen-bond acceptors (Lipinski definition) is 3. The van der Waals surface area contributed by atoms with Crippen LogP contribution >= 0.6 is 0 Å². The van der Waals surface area contributed by atoms with Gasteiger partial charge in [0.05, 0.1) is 4.90 Å². The maximum Gasteiger partial charge on any atom is 0.240 e. The maximum atomic E-state index is 12.4. The molecule has 1 aliphatic carbocycles. The van der Waals surface area contributed by atoms with E-state index < -0.39 is 10.0 Å². The zero-order chi connectivity index (χ0) is 18.9. The number of hydrogen-bond donors (Lipinski definition) is 2. The molecule has 0 radical (unpaired) electrons. The van der Waals surface area contributed by atoms with Gasteiger partial charge in [-0.05, 0) is 69.0 Å². The number of aryl methyl sites for hydroxylation is 1. The summed E-state index contributed by atoms with van der Waals surface area (Å²) in [5.74, 6) is -0.192. The fourth-order valence-corrected chi connectivity index (χ4v) is 4.35. The molecule has 1 aromatic carbocycles. The van der Waals surface area contributed by atoms with Crippen LogP contribution < -0.4 is 10.0 Å². The standard InChI is InChI=1S/C19H25N3O3S/c1-13-12-16(14(2)22(13)18-6-7-18)10-11-20-26(24,25)19-8-4-17(5-9-19)21-15(3)23/h4-5,8-9,12,18,20H,6-7,10-11H2,1-3H3,(H,21,23). The molecule has 6 nitrogen and oxygen atoms in total. The molecule has 1 fully saturated rings. The van der Waals surface area contributed by atoms with E-state index in [1.807, 2.05) is 0 Å². The second kappa shape index (κ2) is 7.25. The Morgan fingerprint density at radius 1 is 1.19 bits per heavy atom. The highest BCUT2D eigenvalue weighted by molar-refractivity contribution is 7.89. The molecule has 2 aromatic rings. The van der Waals surface area contributed by atoms with Crippen molar-refractivity contribution in [1.29, 1.82) is 0 Å². The zero-order valence-electron chi connectivity index (χ0n) is 15.4. The van der Waals surface area contributed by atoms with Crippen molar-refractivity contribution in [3.05, 3.63) is 47.3 Å². The van der Waals surface area contributed by atoms with Gasteiger partial charge in [0.15, 0.2) is 0 Å². The minimum Gasteiger partial charge on any atom is -0.346 e. The summed E-state index contributed by atoms with van der Waals surface area (Å²) >= 11 is 0. The molecule has 0 saturated heterocycles. The van der Waals surface area contributed by atoms with Crippen LogP contribution in [0.4, 0.5) is 5.69 Å². The van der Waals surface area contributed by atoms with Crippen molar-refractivity contribution in [1.82, 2.24) is 9.29 Å². The Morgan fingerprint density at radius 2 is 1.85 bits per heavy atom. The molecular formula is C19H25N3O3S. The molecule has 7 heteroatoms. The van der Waals surface area contributed by atoms with Crippen LogP contribution in [0, 0.1) is 13.8 Å². The van der Waals surface area contributed by atoms with Crippen LogP contribution in [-0.2, 0) is 21.2 Å². The van der Waals surface area contributed by atoms with Crippen molar-refractivity contribution in [2.24, 2.45) is 0 Å². The molecule has 1 amide bonds. The van der Waals surface area contributed by atoms with E-state index >= 15 is 0 Å². The molecule has 1 saturated carbocycles. The first-order valence-corrected chi connectivity index (χ1v) is 10.3. The Balaban J connectivity index is 1.62. The van der Waals surface area contributed by atoms with Gasteiger partial charge >= 0.3 is 0 Å². The SMILES string of the molecule is CC(=O)Nc1ccc(S(=O)(=O)NCCc2cc(C)n(C3CC3)c2C)cc1. The van der Waals surface area contributed by atoms with Gasteiger partial charge < -0.3 is 9.88 Å². The summed E-state index contributed by atoms with van der Waals surface area (Å²) in [5.41, 5.74) is 4.25. The summed E-state index contributed by atoms with van der Waals surface area (Å²) in [6, 6.07) is 8.93. The first-order chi connectivity index (χ1) is 12.3. The lowest BCUT2D eigenvalue weighted by molar-refractivity contribution is -0.114. The third-order valence-electron chi connectivity index (χ3n) is 4.67. The average Bonchev–Trinajstić information content (AvgIpc) is 3.34. The van der Waals surface area contributed by atoms with E-state index in [0.29, 0.717) is 24.7 Å². The van der Waals surface area contributed by atoms with Gasteiger partial charge in [-0.1, -0.05) is 0 Å². The molecule has 1 aliphatic rings. The maximum absolute atomic E-state index is 12.4. The second-order valence-electron chi connectivity index (χ2n) is 6.85. The third kappa shape index (κ3) is 4.16. The van der Waals surface area contributed by atoms with E-state index in [9.17, 15) is 13.2 Å². The lowest BCUT2D eigenvalue weighted by atomic mass is 10.2. The summed E-state index contributed by atoms with van der Waals surface area (Å²) in [6.45, 7) is 5.97. The minimum absolute atomic E-state index is 0.190. The number of carbonyl (C=O) groups excluding carboxylic acids is 1. The molecule has 0 aliphatic heterocycles. The van der Waals surface area contributed by atoms with Gasteiger partial charge in [-0.15, -0.1) is 0 Å². The van der Waals surface area contributed by atoms with Crippen molar-refractivity contribution >= 4 is 21.6 Å². The molecule has 3 rings (SSSR count). The molecule has 26 heavy (non-hydrogen) atoms. The molecule has 1 aromatic heterocycles. The second-order valence-corrected chi connectivity index (χ2v) is 8.62. The largest absolute Gasteiger partial charge is 0.346 e. The quantitative estimate of drug-likeness (QED) is 0.781. The van der Waals surface area contributed by atoms with Crippen molar-refractivity contribution < 1.29 is 13.2 Å². The van der Waals surface area contributed by atoms with Crippen LogP contribution in [0.1, 0.15) is 42.8 Å². The summed E-state index contributed by atoms with van der Waals surface area (Å²) in [7, 11) is -3.57. The number of benzene rings is 1. The lowest BCUT2D eigenvalue weighted by Gasteiger charge is -2.09. The fraction of sp³-hybridized carbons (Fsp3) is 0.421. The van der Waals surface area contributed by atoms with Gasteiger partial charge in [0, 0.05) is 36.6 Å². The summed E-state index contributed by atoms with van der Waals surface area (Å²) < 4.78 is 29.9. The number of rotatable bonds is 7. The van der Waals surface area contributed by atoms with Crippen molar-refractivity contribution in [3.8, 4) is 0 Å². The molecule has 1 heterocycles. The summed E-state index contributed by atoms with van der Waals surface area (Å²) in [4.78, 5) is 11.2. The molecule has 0 atom stereocenters. The van der Waals surface area contributed by atoms with E-state index in [2.05, 4.69) is 34.5 Å². The summed E-state index contributed by atoms with van der Waals surface area (Å²) in [5, 5.41) is 2.62. The summed E-state index contributed by atoms with van der Waals surface area (Å²) in [6.07, 6.45) is 3.13. The highest BCUT2D eigenvalue weighted by atomic mass is 32.2. The van der Waals surface area contributed by atoms with E-state index in [-0.39, 0.29) is 10.8 Å². The molecule has 0 bridgehead atoms. The van der Waals surface area contributed by atoms with Gasteiger partial charge in [-0.25, -0.2) is 13.1 Å². The van der Waals surface area contributed by atoms with Crippen molar-refractivity contribution in [2.75, 3.05) is 11.9 Å². The Bertz CT molecular complexity index is 910. The normalized spacial score (nSPS) is 14.4. The smallest absolute Gasteiger partial charge is 0.240 e. The lowest BCUT2D eigenvalue weighted by Crippen LogP contribution is -2.26. The van der Waals surface area contributed by atoms with E-state index in [4.69, 9.17) is 0 Å². The number of carbonyl (C=O) groups is 1. The molecule has 2 N–H and O–H groups in total. The molecular weight excluding hydrogens is 350 g/mol. The Hall–Kier alpha value is -2.12. The van der Waals surface area contributed by atoms with Gasteiger partial charge in [-0.3, -0.25) is 4.79 Å². The first kappa shape index (κ1) is 18.7. The van der Waals surface area contributed by atoms with Crippen molar-refractivity contribution in [2.45, 2.75) is 51.0 Å². The Labute approximate surface area is 154 Å². The van der Waals surface area contributed by atoms with Crippen LogP contribution in [0.15, 0.2) is 35.2 Å². The van der Waals surface area contributed by atoms with E-state index in [0.717, 1.165) is 0 Å². The molecule has 0 spiro atoms. The van der Waals surface area contributed by atoms with Crippen LogP contribution in [0.5, 0.6) is 0 Å². The van der Waals surface area contributed by atoms with Crippen LogP contribution in [0.2, 0.25) is 0 Å². The van der Waals surface area contributed by atoms with Gasteiger partial charge in [0.1, 0.15) is 0 Å². The molecule has 140 valence electrons. The number of sulfonamides is 1. The Morgan fingerprint density at radius 3 is 2.42 bits per heavy atom. The monoisotopic (exact) mass is 375 g/mol. The number of anilines is 1. The number of amides is 1. The van der Waals surface area contributed by atoms with Gasteiger partial charge in [-0.2, -0.15) is 0 Å². The highest BCUT2D eigenvalue weighted by Crippen LogP contribution is 2.38. The third-order valence-corrected chi connectivity index (χ3v) is 6.15. The topological polar surface area (TPSA) is 80.2 Å². The Kier molecular flexibility index (Phi) is 5.20. The van der Waals surface area contributed by atoms with Crippen LogP contribution in [-0.4, -0.2) is 25.4 Å². The number of nitrogens with one attached hydrogen (secondary N) is 2. The fourth-order valence-electron chi connectivity index (χ4n) is 3.32. The van der Waals surface area contributed by atoms with Crippen molar-refractivity contribution in [3.63, 3.8) is 0 Å². The van der Waals surface area contributed by atoms with Crippen LogP contribution in [0.3, 0.4) is 0 Å². The highest BCUT2D eigenvalue weighted by Gasteiger charge is 2.26. The van der Waals surface area contributed by atoms with Crippen LogP contribution in [0.25, 0.3) is 0 Å². The van der Waals surface area contributed by atoms with E-state index in [1.165, 1.54) is 48.8 Å². The zero-order valence-corrected chi connectivity index (χ0v) is 16.2.